The molecule has 0 unspecified atom stereocenters. The Morgan fingerprint density at radius 1 is 1.48 bits per heavy atom. The molecule has 1 saturated heterocycles. The number of ether oxygens (including phenoxy) is 1. The number of hydrogen-bond acceptors (Lipinski definition) is 6. The normalized spacial score (nSPS) is 20.8. The van der Waals surface area contributed by atoms with Crippen molar-refractivity contribution in [3.63, 3.8) is 0 Å². The van der Waals surface area contributed by atoms with Crippen LogP contribution >= 0.6 is 11.3 Å². The zero-order valence-electron chi connectivity index (χ0n) is 14.6. The highest BCUT2D eigenvalue weighted by molar-refractivity contribution is 7.14. The smallest absolute Gasteiger partial charge is 0.277 e. The molecule has 0 bridgehead atoms. The number of fused-ring (bicyclic) bond motifs is 3. The lowest BCUT2D eigenvalue weighted by Crippen LogP contribution is -2.37. The van der Waals surface area contributed by atoms with Gasteiger partial charge >= 0.3 is 0 Å². The predicted molar refractivity (Wildman–Crippen MR) is 99.3 cm³/mol. The van der Waals surface area contributed by atoms with Gasteiger partial charge in [-0.3, -0.25) is 9.59 Å². The molecular weight excluding hydrogens is 366 g/mol. The van der Waals surface area contributed by atoms with Gasteiger partial charge in [-0.05, 0) is 18.2 Å². The number of thiazole rings is 1. The van der Waals surface area contributed by atoms with Crippen molar-refractivity contribution in [1.82, 2.24) is 9.88 Å². The van der Waals surface area contributed by atoms with E-state index in [1.807, 2.05) is 0 Å². The topological polar surface area (TPSA) is 106 Å². The van der Waals surface area contributed by atoms with Crippen molar-refractivity contribution < 1.29 is 19.4 Å². The average Bonchev–Trinajstić information content (AvgIpc) is 3.13. The van der Waals surface area contributed by atoms with E-state index in [0.29, 0.717) is 36.6 Å². The zero-order chi connectivity index (χ0) is 19.2. The standard InChI is InChI=1S/C19H17N3O4S/c1-22-8-7-19(25,18(22)24)6-4-11-2-3-13-12(10-11)15-14(5-9-26-13)27-17(21-15)16(20)23/h2-3,10,25H,5,7-9H2,1H3,(H2,20,23)/t19-/m0/s1. The number of nitrogens with zero attached hydrogens (tertiary/aromatic N) is 2. The van der Waals surface area contributed by atoms with Crippen LogP contribution in [0.5, 0.6) is 5.75 Å². The fourth-order valence-corrected chi connectivity index (χ4v) is 4.06. The Morgan fingerprint density at radius 3 is 3.00 bits per heavy atom. The van der Waals surface area contributed by atoms with Crippen LogP contribution in [0.3, 0.4) is 0 Å². The molecule has 8 heteroatoms. The summed E-state index contributed by atoms with van der Waals surface area (Å²) < 4.78 is 5.77. The van der Waals surface area contributed by atoms with Gasteiger partial charge in [0.2, 0.25) is 5.60 Å². The maximum absolute atomic E-state index is 12.1. The maximum atomic E-state index is 12.1. The molecule has 2 aliphatic rings. The quantitative estimate of drug-likeness (QED) is 0.708. The third-order valence-electron chi connectivity index (χ3n) is 4.65. The van der Waals surface area contributed by atoms with Crippen LogP contribution in [0.1, 0.15) is 26.7 Å². The molecule has 3 N–H and O–H groups in total. The van der Waals surface area contributed by atoms with Gasteiger partial charge in [0.1, 0.15) is 5.75 Å². The molecule has 2 aliphatic heterocycles. The molecule has 27 heavy (non-hydrogen) atoms. The van der Waals surface area contributed by atoms with Crippen LogP contribution in [0.25, 0.3) is 11.3 Å². The van der Waals surface area contributed by atoms with Gasteiger partial charge in [0.25, 0.3) is 11.8 Å². The summed E-state index contributed by atoms with van der Waals surface area (Å²) in [5.41, 5.74) is 5.72. The first-order valence-corrected chi connectivity index (χ1v) is 9.27. The number of aromatic nitrogens is 1. The number of carbonyl (C=O) groups is 2. The second-order valence-corrected chi connectivity index (χ2v) is 7.64. The van der Waals surface area contributed by atoms with Crippen molar-refractivity contribution in [2.45, 2.75) is 18.4 Å². The Morgan fingerprint density at radius 2 is 2.30 bits per heavy atom. The summed E-state index contributed by atoms with van der Waals surface area (Å²) in [6.07, 6.45) is 0.915. The Hall–Kier alpha value is -2.89. The van der Waals surface area contributed by atoms with Crippen LogP contribution in [0.2, 0.25) is 0 Å². The van der Waals surface area contributed by atoms with E-state index in [0.717, 1.165) is 10.4 Å². The number of hydrogen-bond donors (Lipinski definition) is 2. The second kappa shape index (κ2) is 6.37. The van der Waals surface area contributed by atoms with Gasteiger partial charge in [-0.15, -0.1) is 11.3 Å². The first-order valence-electron chi connectivity index (χ1n) is 8.45. The molecule has 3 heterocycles. The van der Waals surface area contributed by atoms with Crippen molar-refractivity contribution in [3.05, 3.63) is 33.6 Å². The fourth-order valence-electron chi connectivity index (χ4n) is 3.15. The Bertz CT molecular complexity index is 1020. The average molecular weight is 383 g/mol. The van der Waals surface area contributed by atoms with Gasteiger partial charge in [-0.2, -0.15) is 0 Å². The SMILES string of the molecule is CN1CC[C@@](O)(C#Cc2ccc3c(c2)-c2nc(C(N)=O)sc2CCO3)C1=O. The molecular formula is C19H17N3O4S. The number of likely N-dealkylation sites (N-methyl/N-ethyl adjacent to an activating group) is 1. The molecule has 2 amide bonds. The molecule has 2 aromatic rings. The summed E-state index contributed by atoms with van der Waals surface area (Å²) in [7, 11) is 1.64. The van der Waals surface area contributed by atoms with Crippen molar-refractivity contribution >= 4 is 23.2 Å². The lowest BCUT2D eigenvalue weighted by atomic mass is 10.0. The number of aliphatic hydroxyl groups is 1. The van der Waals surface area contributed by atoms with E-state index in [2.05, 4.69) is 16.8 Å². The molecule has 4 rings (SSSR count). The van der Waals surface area contributed by atoms with Crippen LogP contribution in [-0.4, -0.2) is 52.6 Å². The van der Waals surface area contributed by atoms with Gasteiger partial charge < -0.3 is 20.5 Å². The highest BCUT2D eigenvalue weighted by Crippen LogP contribution is 2.38. The van der Waals surface area contributed by atoms with Gasteiger partial charge in [-0.1, -0.05) is 11.8 Å². The molecule has 1 aromatic carbocycles. The van der Waals surface area contributed by atoms with E-state index in [1.165, 1.54) is 16.2 Å². The Kier molecular flexibility index (Phi) is 4.13. The fraction of sp³-hybridized carbons (Fsp3) is 0.316. The molecule has 1 atom stereocenters. The van der Waals surface area contributed by atoms with Crippen LogP contribution in [0.15, 0.2) is 18.2 Å². The summed E-state index contributed by atoms with van der Waals surface area (Å²) in [6, 6.07) is 5.35. The van der Waals surface area contributed by atoms with Crippen molar-refractivity contribution in [2.75, 3.05) is 20.2 Å². The summed E-state index contributed by atoms with van der Waals surface area (Å²) in [6.45, 7) is 0.951. The third-order valence-corrected chi connectivity index (χ3v) is 5.78. The highest BCUT2D eigenvalue weighted by Gasteiger charge is 2.42. The molecule has 7 nitrogen and oxygen atoms in total. The van der Waals surface area contributed by atoms with Crippen molar-refractivity contribution in [3.8, 4) is 28.8 Å². The minimum atomic E-state index is -1.65. The minimum absolute atomic E-state index is 0.262. The van der Waals surface area contributed by atoms with Gasteiger partial charge in [0, 0.05) is 42.4 Å². The zero-order valence-corrected chi connectivity index (χ0v) is 15.4. The Labute approximate surface area is 159 Å². The summed E-state index contributed by atoms with van der Waals surface area (Å²) in [5, 5.41) is 10.7. The number of benzene rings is 1. The van der Waals surface area contributed by atoms with Crippen LogP contribution in [0, 0.1) is 11.8 Å². The Balaban J connectivity index is 1.74. The van der Waals surface area contributed by atoms with Gasteiger partial charge in [-0.25, -0.2) is 4.98 Å². The van der Waals surface area contributed by atoms with Crippen molar-refractivity contribution in [1.29, 1.82) is 0 Å². The molecule has 0 aliphatic carbocycles. The largest absolute Gasteiger partial charge is 0.493 e. The maximum Gasteiger partial charge on any atom is 0.277 e. The van der Waals surface area contributed by atoms with Crippen LogP contribution in [0.4, 0.5) is 0 Å². The van der Waals surface area contributed by atoms with E-state index in [-0.39, 0.29) is 17.3 Å². The highest BCUT2D eigenvalue weighted by atomic mass is 32.1. The van der Waals surface area contributed by atoms with Gasteiger partial charge in [0.05, 0.1) is 12.3 Å². The first-order chi connectivity index (χ1) is 12.9. The lowest BCUT2D eigenvalue weighted by Gasteiger charge is -2.13. The molecule has 138 valence electrons. The predicted octanol–water partition coefficient (Wildman–Crippen LogP) is 0.789. The number of likely N-dealkylation sites (tertiary alicyclic amines) is 1. The van der Waals surface area contributed by atoms with Crippen LogP contribution in [-0.2, 0) is 11.2 Å². The lowest BCUT2D eigenvalue weighted by molar-refractivity contribution is -0.137. The molecule has 1 fully saturated rings. The number of amides is 2. The van der Waals surface area contributed by atoms with Gasteiger partial charge in [0.15, 0.2) is 5.01 Å². The molecule has 0 radical (unpaired) electrons. The third kappa shape index (κ3) is 3.05. The molecule has 0 spiro atoms. The summed E-state index contributed by atoms with van der Waals surface area (Å²) in [5.74, 6) is 5.30. The number of carbonyl (C=O) groups excluding carboxylic acids is 2. The minimum Gasteiger partial charge on any atom is -0.493 e. The summed E-state index contributed by atoms with van der Waals surface area (Å²) >= 11 is 1.27. The molecule has 1 aromatic heterocycles. The second-order valence-electron chi connectivity index (χ2n) is 6.55. The van der Waals surface area contributed by atoms with E-state index in [1.54, 1.807) is 25.2 Å². The number of primary amides is 1. The van der Waals surface area contributed by atoms with E-state index >= 15 is 0 Å². The monoisotopic (exact) mass is 383 g/mol. The summed E-state index contributed by atoms with van der Waals surface area (Å²) in [4.78, 5) is 30.3. The van der Waals surface area contributed by atoms with E-state index in [9.17, 15) is 14.7 Å². The van der Waals surface area contributed by atoms with E-state index < -0.39 is 11.5 Å². The first kappa shape index (κ1) is 17.5. The van der Waals surface area contributed by atoms with E-state index in [4.69, 9.17) is 10.5 Å². The molecule has 0 saturated carbocycles. The van der Waals surface area contributed by atoms with Crippen molar-refractivity contribution in [2.24, 2.45) is 5.73 Å². The van der Waals surface area contributed by atoms with Crippen LogP contribution < -0.4 is 10.5 Å². The number of nitrogens with two attached hydrogens (primary N) is 1. The number of rotatable bonds is 1.